The van der Waals surface area contributed by atoms with Crippen molar-refractivity contribution in [2.24, 2.45) is 0 Å². The first kappa shape index (κ1) is 12.0. The van der Waals surface area contributed by atoms with Gasteiger partial charge in [-0.05, 0) is 66.1 Å². The van der Waals surface area contributed by atoms with Gasteiger partial charge in [-0.25, -0.2) is 0 Å². The number of benzene rings is 2. The molecule has 2 aromatic carbocycles. The van der Waals surface area contributed by atoms with Crippen molar-refractivity contribution < 1.29 is 5.11 Å². The van der Waals surface area contributed by atoms with Gasteiger partial charge in [0.2, 0.25) is 0 Å². The lowest BCUT2D eigenvalue weighted by Gasteiger charge is -2.35. The second-order valence-electron chi connectivity index (χ2n) is 5.98. The first-order valence-electron chi connectivity index (χ1n) is 7.44. The quantitative estimate of drug-likeness (QED) is 0.873. The number of phenolic OH excluding ortho intramolecular Hbond substituents is 1. The molecule has 2 N–H and O–H groups in total. The van der Waals surface area contributed by atoms with Crippen LogP contribution in [-0.2, 0) is 12.8 Å². The lowest BCUT2D eigenvalue weighted by molar-refractivity contribution is 0.409. The summed E-state index contributed by atoms with van der Waals surface area (Å²) in [7, 11) is 0. The molecule has 0 radical (unpaired) electrons. The van der Waals surface area contributed by atoms with E-state index in [0.29, 0.717) is 17.7 Å². The van der Waals surface area contributed by atoms with Gasteiger partial charge < -0.3 is 10.4 Å². The Morgan fingerprint density at radius 2 is 1.95 bits per heavy atom. The van der Waals surface area contributed by atoms with Crippen molar-refractivity contribution >= 4 is 0 Å². The Kier molecular flexibility index (Phi) is 2.78. The van der Waals surface area contributed by atoms with Crippen molar-refractivity contribution in [2.45, 2.75) is 31.2 Å². The highest BCUT2D eigenvalue weighted by atomic mass is 16.3. The van der Waals surface area contributed by atoms with Crippen LogP contribution in [-0.4, -0.2) is 11.7 Å². The molecule has 0 aromatic heterocycles. The zero-order valence-corrected chi connectivity index (χ0v) is 11.5. The van der Waals surface area contributed by atoms with Crippen molar-refractivity contribution in [3.63, 3.8) is 0 Å². The second kappa shape index (κ2) is 4.64. The summed E-state index contributed by atoms with van der Waals surface area (Å²) in [5, 5.41) is 13.4. The van der Waals surface area contributed by atoms with Crippen LogP contribution in [0.1, 0.15) is 40.6 Å². The molecule has 0 amide bonds. The van der Waals surface area contributed by atoms with Crippen molar-refractivity contribution in [1.29, 1.82) is 0 Å². The Morgan fingerprint density at radius 1 is 1.05 bits per heavy atom. The molecule has 2 unspecified atom stereocenters. The van der Waals surface area contributed by atoms with Crippen LogP contribution in [0.5, 0.6) is 5.75 Å². The molecular weight excluding hydrogens is 246 g/mol. The van der Waals surface area contributed by atoms with Gasteiger partial charge in [-0.1, -0.05) is 30.3 Å². The number of hydrogen-bond donors (Lipinski definition) is 2. The van der Waals surface area contributed by atoms with E-state index in [9.17, 15) is 5.11 Å². The van der Waals surface area contributed by atoms with E-state index in [1.54, 1.807) is 6.07 Å². The topological polar surface area (TPSA) is 32.3 Å². The first-order valence-corrected chi connectivity index (χ1v) is 7.44. The number of aromatic hydroxyl groups is 1. The van der Waals surface area contributed by atoms with Gasteiger partial charge in [0, 0.05) is 6.04 Å². The molecule has 4 rings (SSSR count). The fourth-order valence-electron chi connectivity index (χ4n) is 3.69. The molecule has 2 aliphatic rings. The molecule has 2 heteroatoms. The standard InChI is InChI=1S/C18H19NO/c20-15-6-5-12-7-8-19-18(17(12)11-15)10-14-9-13-3-1-2-4-16(13)14/h1-6,11,14,18-20H,7-10H2. The number of fused-ring (bicyclic) bond motifs is 2. The smallest absolute Gasteiger partial charge is 0.115 e. The zero-order valence-electron chi connectivity index (χ0n) is 11.5. The number of rotatable bonds is 2. The van der Waals surface area contributed by atoms with Crippen LogP contribution in [0.2, 0.25) is 0 Å². The summed E-state index contributed by atoms with van der Waals surface area (Å²) in [4.78, 5) is 0. The fourth-order valence-corrected chi connectivity index (χ4v) is 3.69. The molecule has 102 valence electrons. The Labute approximate surface area is 119 Å². The molecule has 1 heterocycles. The third-order valence-corrected chi connectivity index (χ3v) is 4.77. The van der Waals surface area contributed by atoms with Gasteiger partial charge in [-0.15, -0.1) is 0 Å². The molecule has 1 aliphatic carbocycles. The van der Waals surface area contributed by atoms with E-state index in [2.05, 4.69) is 35.6 Å². The highest BCUT2D eigenvalue weighted by Crippen LogP contribution is 2.42. The molecule has 0 bridgehead atoms. The van der Waals surface area contributed by atoms with Crippen molar-refractivity contribution in [2.75, 3.05) is 6.54 Å². The van der Waals surface area contributed by atoms with Gasteiger partial charge >= 0.3 is 0 Å². The van der Waals surface area contributed by atoms with Crippen LogP contribution >= 0.6 is 0 Å². The summed E-state index contributed by atoms with van der Waals surface area (Å²) < 4.78 is 0. The van der Waals surface area contributed by atoms with Crippen molar-refractivity contribution in [3.05, 3.63) is 64.7 Å². The fraction of sp³-hybridized carbons (Fsp3) is 0.333. The van der Waals surface area contributed by atoms with Crippen LogP contribution in [0.15, 0.2) is 42.5 Å². The largest absolute Gasteiger partial charge is 0.508 e. The van der Waals surface area contributed by atoms with E-state index in [0.717, 1.165) is 19.4 Å². The van der Waals surface area contributed by atoms with E-state index in [1.807, 2.05) is 6.07 Å². The van der Waals surface area contributed by atoms with Crippen molar-refractivity contribution in [3.8, 4) is 5.75 Å². The summed E-state index contributed by atoms with van der Waals surface area (Å²) in [6.45, 7) is 1.04. The molecule has 0 fully saturated rings. The third kappa shape index (κ3) is 1.92. The summed E-state index contributed by atoms with van der Waals surface area (Å²) in [6.07, 6.45) is 3.39. The maximum absolute atomic E-state index is 9.74. The van der Waals surface area contributed by atoms with Crippen LogP contribution < -0.4 is 5.32 Å². The normalized spacial score (nSPS) is 23.6. The zero-order chi connectivity index (χ0) is 13.5. The Morgan fingerprint density at radius 3 is 2.85 bits per heavy atom. The van der Waals surface area contributed by atoms with Crippen molar-refractivity contribution in [1.82, 2.24) is 5.32 Å². The summed E-state index contributed by atoms with van der Waals surface area (Å²) in [5.41, 5.74) is 5.70. The Balaban J connectivity index is 1.59. The highest BCUT2D eigenvalue weighted by Gasteiger charge is 2.30. The predicted molar refractivity (Wildman–Crippen MR) is 80.1 cm³/mol. The molecule has 2 atom stereocenters. The minimum atomic E-state index is 0.379. The molecule has 1 aliphatic heterocycles. The molecule has 2 nitrogen and oxygen atoms in total. The summed E-state index contributed by atoms with van der Waals surface area (Å²) >= 11 is 0. The third-order valence-electron chi connectivity index (χ3n) is 4.77. The maximum Gasteiger partial charge on any atom is 0.115 e. The Bertz CT molecular complexity index is 650. The van der Waals surface area contributed by atoms with Gasteiger partial charge in [-0.2, -0.15) is 0 Å². The molecule has 2 aromatic rings. The van der Waals surface area contributed by atoms with Gasteiger partial charge in [-0.3, -0.25) is 0 Å². The molecule has 20 heavy (non-hydrogen) atoms. The van der Waals surface area contributed by atoms with Crippen LogP contribution in [0.4, 0.5) is 0 Å². The van der Waals surface area contributed by atoms with Crippen LogP contribution in [0, 0.1) is 0 Å². The number of phenols is 1. The highest BCUT2D eigenvalue weighted by molar-refractivity contribution is 5.42. The SMILES string of the molecule is Oc1ccc2c(c1)C(CC1Cc3ccccc31)NCC2. The van der Waals surface area contributed by atoms with E-state index < -0.39 is 0 Å². The summed E-state index contributed by atoms with van der Waals surface area (Å²) in [5.74, 6) is 1.04. The second-order valence-corrected chi connectivity index (χ2v) is 5.98. The van der Waals surface area contributed by atoms with Gasteiger partial charge in [0.1, 0.15) is 5.75 Å². The molecular formula is C18H19NO. The maximum atomic E-state index is 9.74. The van der Waals surface area contributed by atoms with Gasteiger partial charge in [0.05, 0.1) is 0 Å². The number of nitrogens with one attached hydrogen (secondary N) is 1. The predicted octanol–water partition coefficient (Wildman–Crippen LogP) is 3.31. The first-order chi connectivity index (χ1) is 9.81. The minimum absolute atomic E-state index is 0.379. The van der Waals surface area contributed by atoms with Crippen LogP contribution in [0.3, 0.4) is 0 Å². The van der Waals surface area contributed by atoms with E-state index in [4.69, 9.17) is 0 Å². The average molecular weight is 265 g/mol. The molecule has 0 spiro atoms. The molecule has 0 saturated heterocycles. The average Bonchev–Trinajstić information content (AvgIpc) is 2.45. The van der Waals surface area contributed by atoms with Gasteiger partial charge in [0.25, 0.3) is 0 Å². The monoisotopic (exact) mass is 265 g/mol. The van der Waals surface area contributed by atoms with Crippen LogP contribution in [0.25, 0.3) is 0 Å². The van der Waals surface area contributed by atoms with E-state index in [1.165, 1.54) is 28.7 Å². The van der Waals surface area contributed by atoms with E-state index in [-0.39, 0.29) is 0 Å². The lowest BCUT2D eigenvalue weighted by Crippen LogP contribution is -2.32. The summed E-state index contributed by atoms with van der Waals surface area (Å²) in [6, 6.07) is 15.0. The van der Waals surface area contributed by atoms with Gasteiger partial charge in [0.15, 0.2) is 0 Å². The molecule has 0 saturated carbocycles. The Hall–Kier alpha value is -1.80. The lowest BCUT2D eigenvalue weighted by atomic mass is 9.73. The van der Waals surface area contributed by atoms with E-state index >= 15 is 0 Å². The number of hydrogen-bond acceptors (Lipinski definition) is 2. The minimum Gasteiger partial charge on any atom is -0.508 e.